The summed E-state index contributed by atoms with van der Waals surface area (Å²) >= 11 is 9.66. The Bertz CT molecular complexity index is 1060. The van der Waals surface area contributed by atoms with Crippen molar-refractivity contribution in [2.75, 3.05) is 40.0 Å². The normalized spacial score (nSPS) is 15.0. The van der Waals surface area contributed by atoms with Gasteiger partial charge in [-0.05, 0) is 59.3 Å². The zero-order chi connectivity index (χ0) is 20.5. The van der Waals surface area contributed by atoms with Crippen LogP contribution >= 0.6 is 27.5 Å². The summed E-state index contributed by atoms with van der Waals surface area (Å²) < 4.78 is 13.8. The first kappa shape index (κ1) is 20.4. The third kappa shape index (κ3) is 3.94. The van der Waals surface area contributed by atoms with E-state index in [1.807, 2.05) is 43.3 Å². The summed E-state index contributed by atoms with van der Waals surface area (Å²) in [7, 11) is 1.63. The van der Waals surface area contributed by atoms with Crippen LogP contribution in [0, 0.1) is 6.92 Å². The number of benzene rings is 2. The van der Waals surface area contributed by atoms with Gasteiger partial charge in [0.05, 0.1) is 36.9 Å². The van der Waals surface area contributed by atoms with Crippen molar-refractivity contribution < 1.29 is 14.3 Å². The molecule has 1 aromatic heterocycles. The number of aromatic nitrogens is 1. The van der Waals surface area contributed by atoms with Gasteiger partial charge in [0.25, 0.3) is 0 Å². The summed E-state index contributed by atoms with van der Waals surface area (Å²) in [6, 6.07) is 11.6. The molecule has 0 amide bonds. The number of rotatable bonds is 5. The van der Waals surface area contributed by atoms with Crippen molar-refractivity contribution in [2.24, 2.45) is 0 Å². The van der Waals surface area contributed by atoms with Crippen LogP contribution in [0.3, 0.4) is 0 Å². The highest BCUT2D eigenvalue weighted by Gasteiger charge is 2.24. The topological polar surface area (TPSA) is 43.7 Å². The number of fused-ring (bicyclic) bond motifs is 1. The Balaban J connectivity index is 1.87. The Hall–Kier alpha value is -1.86. The lowest BCUT2D eigenvalue weighted by molar-refractivity contribution is 0.0371. The smallest absolute Gasteiger partial charge is 0.179 e. The molecule has 0 saturated carbocycles. The maximum atomic E-state index is 13.4. The van der Waals surface area contributed by atoms with Crippen LogP contribution in [0.5, 0.6) is 5.75 Å². The van der Waals surface area contributed by atoms with Gasteiger partial charge in [0, 0.05) is 40.4 Å². The van der Waals surface area contributed by atoms with Crippen molar-refractivity contribution in [1.29, 1.82) is 0 Å². The van der Waals surface area contributed by atoms with Gasteiger partial charge in [-0.15, -0.1) is 0 Å². The van der Waals surface area contributed by atoms with E-state index in [0.717, 1.165) is 45.4 Å². The standard InChI is InChI=1S/C22H22BrClN2O3/c1-14-22(20(27)13-25-7-9-29-10-8-25)17-11-21(28-2)18(23)12-19(17)26(14)16-5-3-15(24)4-6-16/h3-6,11-12H,7-10,13H2,1-2H3. The highest BCUT2D eigenvalue weighted by atomic mass is 79.9. The first-order valence-corrected chi connectivity index (χ1v) is 10.6. The average Bonchev–Trinajstić information content (AvgIpc) is 2.99. The van der Waals surface area contributed by atoms with Gasteiger partial charge in [-0.25, -0.2) is 0 Å². The lowest BCUT2D eigenvalue weighted by Gasteiger charge is -2.25. The van der Waals surface area contributed by atoms with E-state index < -0.39 is 0 Å². The van der Waals surface area contributed by atoms with Gasteiger partial charge in [-0.3, -0.25) is 9.69 Å². The highest BCUT2D eigenvalue weighted by Crippen LogP contribution is 2.37. The number of carbonyl (C=O) groups is 1. The van der Waals surface area contributed by atoms with Crippen LogP contribution < -0.4 is 4.74 Å². The zero-order valence-corrected chi connectivity index (χ0v) is 18.7. The fourth-order valence-electron chi connectivity index (χ4n) is 3.89. The van der Waals surface area contributed by atoms with Crippen molar-refractivity contribution in [3.8, 4) is 11.4 Å². The maximum Gasteiger partial charge on any atom is 0.179 e. The van der Waals surface area contributed by atoms with Crippen LogP contribution in [-0.4, -0.2) is 55.2 Å². The van der Waals surface area contributed by atoms with E-state index in [4.69, 9.17) is 21.1 Å². The molecule has 5 nitrogen and oxygen atoms in total. The minimum Gasteiger partial charge on any atom is -0.496 e. The molecule has 29 heavy (non-hydrogen) atoms. The van der Waals surface area contributed by atoms with Crippen LogP contribution in [-0.2, 0) is 4.74 Å². The second-order valence-electron chi connectivity index (χ2n) is 7.09. The Labute approximate surface area is 183 Å². The number of ketones is 1. The van der Waals surface area contributed by atoms with E-state index in [9.17, 15) is 4.79 Å². The van der Waals surface area contributed by atoms with E-state index in [-0.39, 0.29) is 5.78 Å². The number of morpholine rings is 1. The van der Waals surface area contributed by atoms with E-state index in [2.05, 4.69) is 25.4 Å². The van der Waals surface area contributed by atoms with Gasteiger partial charge in [0.1, 0.15) is 5.75 Å². The fraction of sp³-hybridized carbons (Fsp3) is 0.318. The van der Waals surface area contributed by atoms with Crippen molar-refractivity contribution in [3.63, 3.8) is 0 Å². The molecule has 1 aliphatic heterocycles. The molecule has 0 spiro atoms. The Morgan fingerprint density at radius 2 is 1.90 bits per heavy atom. The van der Waals surface area contributed by atoms with Crippen molar-refractivity contribution in [1.82, 2.24) is 9.47 Å². The molecule has 1 saturated heterocycles. The first-order chi connectivity index (χ1) is 14.0. The molecule has 2 aromatic carbocycles. The molecule has 3 aromatic rings. The molecule has 7 heteroatoms. The first-order valence-electron chi connectivity index (χ1n) is 9.47. The van der Waals surface area contributed by atoms with E-state index in [0.29, 0.717) is 30.5 Å². The SMILES string of the molecule is COc1cc2c(C(=O)CN3CCOCC3)c(C)n(-c3ccc(Cl)cc3)c2cc1Br. The van der Waals surface area contributed by atoms with Gasteiger partial charge in [-0.2, -0.15) is 0 Å². The molecule has 0 atom stereocenters. The van der Waals surface area contributed by atoms with Crippen molar-refractivity contribution in [3.05, 3.63) is 57.2 Å². The number of nitrogens with zero attached hydrogens (tertiary/aromatic N) is 2. The van der Waals surface area contributed by atoms with Crippen LogP contribution in [0.2, 0.25) is 5.02 Å². The summed E-state index contributed by atoms with van der Waals surface area (Å²) in [6.45, 7) is 5.24. The predicted octanol–water partition coefficient (Wildman–Crippen LogP) is 4.88. The Morgan fingerprint density at radius 1 is 1.21 bits per heavy atom. The zero-order valence-electron chi connectivity index (χ0n) is 16.4. The summed E-state index contributed by atoms with van der Waals surface area (Å²) in [6.07, 6.45) is 0. The lowest BCUT2D eigenvalue weighted by atomic mass is 10.1. The van der Waals surface area contributed by atoms with E-state index >= 15 is 0 Å². The third-order valence-corrected chi connectivity index (χ3v) is 6.18. The monoisotopic (exact) mass is 476 g/mol. The molecule has 0 radical (unpaired) electrons. The number of hydrogen-bond acceptors (Lipinski definition) is 4. The second-order valence-corrected chi connectivity index (χ2v) is 8.38. The molecule has 152 valence electrons. The van der Waals surface area contributed by atoms with Gasteiger partial charge < -0.3 is 14.0 Å². The molecule has 1 fully saturated rings. The fourth-order valence-corrected chi connectivity index (χ4v) is 4.51. The molecular weight excluding hydrogens is 456 g/mol. The molecule has 4 rings (SSSR count). The van der Waals surface area contributed by atoms with E-state index in [1.54, 1.807) is 7.11 Å². The van der Waals surface area contributed by atoms with Crippen molar-refractivity contribution >= 4 is 44.2 Å². The van der Waals surface area contributed by atoms with Crippen LogP contribution in [0.1, 0.15) is 16.1 Å². The predicted molar refractivity (Wildman–Crippen MR) is 119 cm³/mol. The Morgan fingerprint density at radius 3 is 2.55 bits per heavy atom. The molecule has 0 bridgehead atoms. The number of Topliss-reactive ketones (excluding diaryl/α,β-unsaturated/α-hetero) is 1. The van der Waals surface area contributed by atoms with Gasteiger partial charge >= 0.3 is 0 Å². The van der Waals surface area contributed by atoms with Crippen molar-refractivity contribution in [2.45, 2.75) is 6.92 Å². The summed E-state index contributed by atoms with van der Waals surface area (Å²) in [5, 5.41) is 1.56. The van der Waals surface area contributed by atoms with Crippen LogP contribution in [0.4, 0.5) is 0 Å². The second kappa shape index (κ2) is 8.48. The quantitative estimate of drug-likeness (QED) is 0.491. The summed E-state index contributed by atoms with van der Waals surface area (Å²) in [4.78, 5) is 15.5. The van der Waals surface area contributed by atoms with E-state index in [1.165, 1.54) is 0 Å². The lowest BCUT2D eigenvalue weighted by Crippen LogP contribution is -2.39. The maximum absolute atomic E-state index is 13.4. The largest absolute Gasteiger partial charge is 0.496 e. The number of halogens is 2. The minimum absolute atomic E-state index is 0.103. The highest BCUT2D eigenvalue weighted by molar-refractivity contribution is 9.10. The summed E-state index contributed by atoms with van der Waals surface area (Å²) in [5.74, 6) is 0.803. The molecule has 1 aliphatic rings. The van der Waals surface area contributed by atoms with Crippen LogP contribution in [0.25, 0.3) is 16.6 Å². The molecule has 0 N–H and O–H groups in total. The summed E-state index contributed by atoms with van der Waals surface area (Å²) in [5.41, 5.74) is 3.54. The Kier molecular flexibility index (Phi) is 5.97. The number of hydrogen-bond donors (Lipinski definition) is 0. The van der Waals surface area contributed by atoms with Gasteiger partial charge in [-0.1, -0.05) is 11.6 Å². The molecule has 2 heterocycles. The molecular formula is C22H22BrClN2O3. The minimum atomic E-state index is 0.103. The van der Waals surface area contributed by atoms with Crippen LogP contribution in [0.15, 0.2) is 40.9 Å². The third-order valence-electron chi connectivity index (χ3n) is 5.31. The number of carbonyl (C=O) groups excluding carboxylic acids is 1. The average molecular weight is 478 g/mol. The number of ether oxygens (including phenoxy) is 2. The number of methoxy groups -OCH3 is 1. The van der Waals surface area contributed by atoms with Gasteiger partial charge in [0.2, 0.25) is 0 Å². The molecule has 0 aliphatic carbocycles. The van der Waals surface area contributed by atoms with Gasteiger partial charge in [0.15, 0.2) is 5.78 Å². The molecule has 0 unspecified atom stereocenters.